The summed E-state index contributed by atoms with van der Waals surface area (Å²) in [5, 5.41) is 10.1. The van der Waals surface area contributed by atoms with Gasteiger partial charge in [0, 0.05) is 30.6 Å². The highest BCUT2D eigenvalue weighted by Gasteiger charge is 2.71. The van der Waals surface area contributed by atoms with Crippen molar-refractivity contribution in [1.29, 1.82) is 0 Å². The molecule has 7 heteroatoms. The van der Waals surface area contributed by atoms with Crippen LogP contribution in [0.2, 0.25) is 0 Å². The number of rotatable bonds is 1. The molecule has 2 spiro atoms. The second kappa shape index (κ2) is 6.49. The van der Waals surface area contributed by atoms with Crippen molar-refractivity contribution in [3.8, 4) is 0 Å². The summed E-state index contributed by atoms with van der Waals surface area (Å²) in [6.07, 6.45) is 6.38. The van der Waals surface area contributed by atoms with Crippen LogP contribution in [0.4, 0.5) is 0 Å². The third kappa shape index (κ3) is 2.34. The molecular weight excluding hydrogens is 386 g/mol. The van der Waals surface area contributed by atoms with Gasteiger partial charge in [0.1, 0.15) is 0 Å². The van der Waals surface area contributed by atoms with Crippen LogP contribution >= 0.6 is 0 Å². The summed E-state index contributed by atoms with van der Waals surface area (Å²) in [5.74, 6) is -0.392. The van der Waals surface area contributed by atoms with Crippen molar-refractivity contribution in [3.63, 3.8) is 0 Å². The van der Waals surface area contributed by atoms with Gasteiger partial charge in [0.2, 0.25) is 0 Å². The third-order valence-corrected chi connectivity index (χ3v) is 10.3. The molecule has 6 fully saturated rings. The molecule has 0 aromatic heterocycles. The number of carbonyl (C=O) groups is 1. The SMILES string of the molecule is C[C@]12CCC3(CC1C(NO)C(=O)[C@@H]1[C@@H]2CC[C@@]2(C)[C@H]1CCC21OCCO1)OCCO3. The predicted octanol–water partition coefficient (Wildman–Crippen LogP) is 2.65. The minimum absolute atomic E-state index is 0.0156. The summed E-state index contributed by atoms with van der Waals surface area (Å²) in [5.41, 5.74) is 2.29. The van der Waals surface area contributed by atoms with E-state index in [1.54, 1.807) is 0 Å². The fourth-order valence-electron chi connectivity index (χ4n) is 8.76. The highest BCUT2D eigenvalue weighted by molar-refractivity contribution is 5.88. The van der Waals surface area contributed by atoms with Crippen LogP contribution in [-0.4, -0.2) is 55.0 Å². The molecule has 7 atom stereocenters. The van der Waals surface area contributed by atoms with Crippen LogP contribution in [0.3, 0.4) is 0 Å². The Balaban J connectivity index is 1.37. The Morgan fingerprint density at radius 2 is 1.53 bits per heavy atom. The lowest BCUT2D eigenvalue weighted by Crippen LogP contribution is -2.67. The average Bonchev–Trinajstić information content (AvgIpc) is 3.46. The first-order chi connectivity index (χ1) is 14.4. The van der Waals surface area contributed by atoms with Crippen molar-refractivity contribution in [2.45, 2.75) is 76.4 Å². The van der Waals surface area contributed by atoms with Gasteiger partial charge in [0.25, 0.3) is 0 Å². The number of hydrogen-bond donors (Lipinski definition) is 2. The Morgan fingerprint density at radius 3 is 2.23 bits per heavy atom. The first-order valence-corrected chi connectivity index (χ1v) is 11.9. The monoisotopic (exact) mass is 421 g/mol. The number of ketones is 1. The van der Waals surface area contributed by atoms with Gasteiger partial charge >= 0.3 is 0 Å². The molecule has 0 bridgehead atoms. The Bertz CT molecular complexity index is 731. The molecule has 2 heterocycles. The number of carbonyl (C=O) groups excluding carboxylic acids is 1. The molecule has 6 rings (SSSR count). The summed E-state index contributed by atoms with van der Waals surface area (Å²) in [6.45, 7) is 7.15. The third-order valence-electron chi connectivity index (χ3n) is 10.3. The second-order valence-electron chi connectivity index (χ2n) is 11.1. The largest absolute Gasteiger partial charge is 0.348 e. The normalized spacial score (nSPS) is 51.2. The maximum absolute atomic E-state index is 13.9. The van der Waals surface area contributed by atoms with Crippen LogP contribution in [0, 0.1) is 34.5 Å². The van der Waals surface area contributed by atoms with E-state index >= 15 is 0 Å². The number of hydrogen-bond acceptors (Lipinski definition) is 7. The van der Waals surface area contributed by atoms with Gasteiger partial charge in [-0.1, -0.05) is 13.8 Å². The number of nitrogens with one attached hydrogen (secondary N) is 1. The zero-order valence-corrected chi connectivity index (χ0v) is 18.2. The van der Waals surface area contributed by atoms with Crippen molar-refractivity contribution in [2.75, 3.05) is 26.4 Å². The lowest BCUT2D eigenvalue weighted by Gasteiger charge is -2.63. The Hall–Kier alpha value is -0.570. The highest BCUT2D eigenvalue weighted by Crippen LogP contribution is 2.69. The quantitative estimate of drug-likeness (QED) is 0.630. The van der Waals surface area contributed by atoms with Crippen LogP contribution in [0.1, 0.15) is 58.8 Å². The van der Waals surface area contributed by atoms with Gasteiger partial charge in [-0.2, -0.15) is 5.48 Å². The van der Waals surface area contributed by atoms with Gasteiger partial charge < -0.3 is 24.2 Å². The number of Topliss-reactive ketones (excluding diaryl/α,β-unsaturated/α-hetero) is 1. The Kier molecular flexibility index (Phi) is 4.34. The van der Waals surface area contributed by atoms with Crippen molar-refractivity contribution < 1.29 is 28.9 Å². The van der Waals surface area contributed by atoms with E-state index < -0.39 is 17.6 Å². The Labute approximate surface area is 178 Å². The lowest BCUT2D eigenvalue weighted by molar-refractivity contribution is -0.257. The maximum atomic E-state index is 13.9. The molecule has 30 heavy (non-hydrogen) atoms. The summed E-state index contributed by atoms with van der Waals surface area (Å²) >= 11 is 0. The second-order valence-corrected chi connectivity index (χ2v) is 11.1. The fourth-order valence-corrected chi connectivity index (χ4v) is 8.76. The Morgan fingerprint density at radius 1 is 0.867 bits per heavy atom. The molecule has 6 aliphatic rings. The zero-order chi connectivity index (χ0) is 20.8. The number of ether oxygens (including phenoxy) is 4. The molecule has 4 aliphatic carbocycles. The minimum Gasteiger partial charge on any atom is -0.348 e. The van der Waals surface area contributed by atoms with Crippen LogP contribution in [-0.2, 0) is 23.7 Å². The van der Waals surface area contributed by atoms with E-state index in [2.05, 4.69) is 19.3 Å². The van der Waals surface area contributed by atoms with E-state index in [1.165, 1.54) is 0 Å². The minimum atomic E-state index is -0.571. The van der Waals surface area contributed by atoms with Gasteiger partial charge in [-0.25, -0.2) is 0 Å². The standard InChI is InChI=1S/C23H35NO6/c1-20-7-8-22(27-9-10-28-22)13-16(20)18(24-26)19(25)17-14(20)3-5-21(2)15(17)4-6-23(21)29-11-12-30-23/h14-18,24,26H,3-13H2,1-2H3/t14-,15-,16?,17+,18?,20+,21-/m0/s1. The molecule has 2 aliphatic heterocycles. The van der Waals surface area contributed by atoms with Crippen LogP contribution in [0.25, 0.3) is 0 Å². The van der Waals surface area contributed by atoms with Gasteiger partial charge in [-0.05, 0) is 48.9 Å². The van der Waals surface area contributed by atoms with Crippen LogP contribution in [0.5, 0.6) is 0 Å². The molecule has 0 aromatic rings. The van der Waals surface area contributed by atoms with Crippen molar-refractivity contribution in [2.24, 2.45) is 34.5 Å². The summed E-state index contributed by atoms with van der Waals surface area (Å²) in [7, 11) is 0. The van der Waals surface area contributed by atoms with E-state index in [1.807, 2.05) is 0 Å². The molecule has 2 saturated heterocycles. The van der Waals surface area contributed by atoms with E-state index in [0.29, 0.717) is 38.8 Å². The first kappa shape index (κ1) is 20.1. The first-order valence-electron chi connectivity index (χ1n) is 11.9. The van der Waals surface area contributed by atoms with Crippen LogP contribution in [0.15, 0.2) is 0 Å². The molecule has 2 unspecified atom stereocenters. The van der Waals surface area contributed by atoms with E-state index in [9.17, 15) is 10.0 Å². The predicted molar refractivity (Wildman–Crippen MR) is 105 cm³/mol. The maximum Gasteiger partial charge on any atom is 0.174 e. The number of fused-ring (bicyclic) bond motifs is 6. The van der Waals surface area contributed by atoms with E-state index in [4.69, 9.17) is 18.9 Å². The average molecular weight is 422 g/mol. The summed E-state index contributed by atoms with van der Waals surface area (Å²) in [4.78, 5) is 13.9. The van der Waals surface area contributed by atoms with Crippen LogP contribution < -0.4 is 5.48 Å². The smallest absolute Gasteiger partial charge is 0.174 e. The molecule has 2 N–H and O–H groups in total. The molecule has 0 amide bonds. The van der Waals surface area contributed by atoms with Crippen molar-refractivity contribution >= 4 is 5.78 Å². The van der Waals surface area contributed by atoms with Gasteiger partial charge in [-0.3, -0.25) is 4.79 Å². The highest BCUT2D eigenvalue weighted by atomic mass is 16.7. The molecule has 7 nitrogen and oxygen atoms in total. The van der Waals surface area contributed by atoms with Crippen molar-refractivity contribution in [3.05, 3.63) is 0 Å². The fraction of sp³-hybridized carbons (Fsp3) is 0.957. The van der Waals surface area contributed by atoms with Gasteiger partial charge in [0.05, 0.1) is 32.5 Å². The molecule has 0 aromatic carbocycles. The zero-order valence-electron chi connectivity index (χ0n) is 18.2. The summed E-state index contributed by atoms with van der Waals surface area (Å²) in [6, 6.07) is -0.564. The molecular formula is C23H35NO6. The van der Waals surface area contributed by atoms with Gasteiger partial charge in [-0.15, -0.1) is 0 Å². The molecule has 0 radical (unpaired) electrons. The lowest BCUT2D eigenvalue weighted by atomic mass is 9.43. The molecule has 4 saturated carbocycles. The number of hydroxylamine groups is 1. The van der Waals surface area contributed by atoms with Gasteiger partial charge in [0.15, 0.2) is 17.4 Å². The summed E-state index contributed by atoms with van der Waals surface area (Å²) < 4.78 is 24.4. The van der Waals surface area contributed by atoms with E-state index in [0.717, 1.165) is 38.5 Å². The van der Waals surface area contributed by atoms with E-state index in [-0.39, 0.29) is 34.4 Å². The van der Waals surface area contributed by atoms with Crippen molar-refractivity contribution in [1.82, 2.24) is 5.48 Å². The molecule has 168 valence electrons. The topological polar surface area (TPSA) is 86.3 Å².